The van der Waals surface area contributed by atoms with Crippen LogP contribution in [0.25, 0.3) is 0 Å². The molecule has 0 aliphatic carbocycles. The van der Waals surface area contributed by atoms with Gasteiger partial charge in [-0.3, -0.25) is 9.59 Å². The van der Waals surface area contributed by atoms with Crippen molar-refractivity contribution < 1.29 is 9.59 Å². The summed E-state index contributed by atoms with van der Waals surface area (Å²) in [5.74, 6) is -0.270. The molecule has 22 heavy (non-hydrogen) atoms. The lowest BCUT2D eigenvalue weighted by atomic mass is 10.1. The molecule has 0 saturated carbocycles. The highest BCUT2D eigenvalue weighted by Gasteiger charge is 2.17. The van der Waals surface area contributed by atoms with Gasteiger partial charge in [0, 0.05) is 23.8 Å². The Balaban J connectivity index is 1.66. The van der Waals surface area contributed by atoms with Crippen molar-refractivity contribution >= 4 is 28.8 Å². The van der Waals surface area contributed by atoms with Crippen LogP contribution in [0.1, 0.15) is 26.5 Å². The summed E-state index contributed by atoms with van der Waals surface area (Å²) in [6, 6.07) is 10.8. The van der Waals surface area contributed by atoms with Gasteiger partial charge < -0.3 is 16.0 Å². The maximum Gasteiger partial charge on any atom is 0.265 e. The Kier molecular flexibility index (Phi) is 4.50. The Labute approximate surface area is 132 Å². The SMILES string of the molecule is O=C(NC1CCNC1)c1cccc(NC(=O)c2cccs2)c1. The van der Waals surface area contributed by atoms with Crippen LogP contribution < -0.4 is 16.0 Å². The second-order valence-corrected chi connectivity index (χ2v) is 6.12. The summed E-state index contributed by atoms with van der Waals surface area (Å²) in [6.07, 6.45) is 0.945. The lowest BCUT2D eigenvalue weighted by Gasteiger charge is -2.12. The first-order valence-electron chi connectivity index (χ1n) is 7.19. The molecule has 6 heteroatoms. The van der Waals surface area contributed by atoms with Crippen LogP contribution in [-0.2, 0) is 0 Å². The van der Waals surface area contributed by atoms with Crippen molar-refractivity contribution in [2.24, 2.45) is 0 Å². The van der Waals surface area contributed by atoms with Gasteiger partial charge in [0.15, 0.2) is 0 Å². The van der Waals surface area contributed by atoms with E-state index < -0.39 is 0 Å². The minimum absolute atomic E-state index is 0.110. The Morgan fingerprint density at radius 1 is 1.18 bits per heavy atom. The summed E-state index contributed by atoms with van der Waals surface area (Å²) < 4.78 is 0. The van der Waals surface area contributed by atoms with Gasteiger partial charge in [-0.15, -0.1) is 11.3 Å². The molecule has 1 atom stereocenters. The van der Waals surface area contributed by atoms with Gasteiger partial charge in [-0.1, -0.05) is 12.1 Å². The van der Waals surface area contributed by atoms with Gasteiger partial charge >= 0.3 is 0 Å². The zero-order chi connectivity index (χ0) is 15.4. The molecule has 2 heterocycles. The molecule has 0 bridgehead atoms. The van der Waals surface area contributed by atoms with Crippen molar-refractivity contribution in [2.75, 3.05) is 18.4 Å². The molecule has 3 rings (SSSR count). The highest BCUT2D eigenvalue weighted by molar-refractivity contribution is 7.12. The first-order chi connectivity index (χ1) is 10.7. The average Bonchev–Trinajstić information content (AvgIpc) is 3.21. The summed E-state index contributed by atoms with van der Waals surface area (Å²) in [6.45, 7) is 1.74. The first kappa shape index (κ1) is 14.7. The van der Waals surface area contributed by atoms with Gasteiger partial charge in [0.2, 0.25) is 0 Å². The molecule has 114 valence electrons. The van der Waals surface area contributed by atoms with Crippen molar-refractivity contribution in [3.05, 3.63) is 52.2 Å². The van der Waals surface area contributed by atoms with Crippen molar-refractivity contribution in [2.45, 2.75) is 12.5 Å². The number of thiophene rings is 1. The third-order valence-corrected chi connectivity index (χ3v) is 4.39. The number of rotatable bonds is 4. The fourth-order valence-electron chi connectivity index (χ4n) is 2.39. The Morgan fingerprint density at radius 3 is 2.82 bits per heavy atom. The van der Waals surface area contributed by atoms with E-state index in [1.165, 1.54) is 11.3 Å². The number of benzene rings is 1. The average molecular weight is 315 g/mol. The summed E-state index contributed by atoms with van der Waals surface area (Å²) in [4.78, 5) is 24.9. The topological polar surface area (TPSA) is 70.2 Å². The molecule has 0 spiro atoms. The van der Waals surface area contributed by atoms with Crippen molar-refractivity contribution in [1.82, 2.24) is 10.6 Å². The molecular weight excluding hydrogens is 298 g/mol. The number of amides is 2. The third-order valence-electron chi connectivity index (χ3n) is 3.52. The molecule has 1 aliphatic heterocycles. The van der Waals surface area contributed by atoms with E-state index >= 15 is 0 Å². The normalized spacial score (nSPS) is 17.2. The predicted molar refractivity (Wildman–Crippen MR) is 87.5 cm³/mol. The van der Waals surface area contributed by atoms with Crippen LogP contribution in [-0.4, -0.2) is 30.9 Å². The second-order valence-electron chi connectivity index (χ2n) is 5.18. The van der Waals surface area contributed by atoms with Gasteiger partial charge in [0.25, 0.3) is 11.8 Å². The van der Waals surface area contributed by atoms with Crippen LogP contribution in [0, 0.1) is 0 Å². The molecule has 1 saturated heterocycles. The van der Waals surface area contributed by atoms with Gasteiger partial charge in [-0.05, 0) is 42.6 Å². The van der Waals surface area contributed by atoms with E-state index in [4.69, 9.17) is 0 Å². The molecular formula is C16H17N3O2S. The number of hydrogen-bond donors (Lipinski definition) is 3. The molecule has 0 radical (unpaired) electrons. The number of carbonyl (C=O) groups is 2. The fourth-order valence-corrected chi connectivity index (χ4v) is 3.00. The summed E-state index contributed by atoms with van der Waals surface area (Å²) >= 11 is 1.38. The number of nitrogens with one attached hydrogen (secondary N) is 3. The molecule has 3 N–H and O–H groups in total. The summed E-state index contributed by atoms with van der Waals surface area (Å²) in [5, 5.41) is 10.9. The largest absolute Gasteiger partial charge is 0.348 e. The fraction of sp³-hybridized carbons (Fsp3) is 0.250. The van der Waals surface area contributed by atoms with E-state index in [0.29, 0.717) is 16.1 Å². The number of hydrogen-bond acceptors (Lipinski definition) is 4. The summed E-state index contributed by atoms with van der Waals surface area (Å²) in [5.41, 5.74) is 1.17. The minimum Gasteiger partial charge on any atom is -0.348 e. The monoisotopic (exact) mass is 315 g/mol. The molecule has 2 aromatic rings. The van der Waals surface area contributed by atoms with E-state index in [-0.39, 0.29) is 17.9 Å². The first-order valence-corrected chi connectivity index (χ1v) is 8.07. The highest BCUT2D eigenvalue weighted by atomic mass is 32.1. The smallest absolute Gasteiger partial charge is 0.265 e. The maximum absolute atomic E-state index is 12.2. The zero-order valence-electron chi connectivity index (χ0n) is 12.0. The van der Waals surface area contributed by atoms with Crippen LogP contribution in [0.4, 0.5) is 5.69 Å². The van der Waals surface area contributed by atoms with Gasteiger partial charge in [-0.25, -0.2) is 0 Å². The van der Waals surface area contributed by atoms with E-state index in [1.807, 2.05) is 11.4 Å². The third kappa shape index (κ3) is 3.52. The van der Waals surface area contributed by atoms with E-state index in [9.17, 15) is 9.59 Å². The zero-order valence-corrected chi connectivity index (χ0v) is 12.8. The van der Waals surface area contributed by atoms with Crippen LogP contribution in [0.5, 0.6) is 0 Å². The van der Waals surface area contributed by atoms with Gasteiger partial charge in [-0.2, -0.15) is 0 Å². The lowest BCUT2D eigenvalue weighted by Crippen LogP contribution is -2.36. The molecule has 2 amide bonds. The predicted octanol–water partition coefficient (Wildman–Crippen LogP) is 2.09. The number of carbonyl (C=O) groups excluding carboxylic acids is 2. The highest BCUT2D eigenvalue weighted by Crippen LogP contribution is 2.15. The van der Waals surface area contributed by atoms with Crippen LogP contribution in [0.2, 0.25) is 0 Å². The number of anilines is 1. The van der Waals surface area contributed by atoms with Crippen LogP contribution in [0.15, 0.2) is 41.8 Å². The molecule has 1 fully saturated rings. The van der Waals surface area contributed by atoms with E-state index in [0.717, 1.165) is 19.5 Å². The molecule has 1 aromatic heterocycles. The quantitative estimate of drug-likeness (QED) is 0.809. The minimum atomic E-state index is -0.160. The van der Waals surface area contributed by atoms with Gasteiger partial charge in [0.1, 0.15) is 0 Å². The van der Waals surface area contributed by atoms with Crippen LogP contribution >= 0.6 is 11.3 Å². The Morgan fingerprint density at radius 2 is 2.09 bits per heavy atom. The van der Waals surface area contributed by atoms with Crippen molar-refractivity contribution in [3.8, 4) is 0 Å². The summed E-state index contributed by atoms with van der Waals surface area (Å²) in [7, 11) is 0. The molecule has 1 aromatic carbocycles. The van der Waals surface area contributed by atoms with E-state index in [2.05, 4.69) is 16.0 Å². The maximum atomic E-state index is 12.2. The Bertz CT molecular complexity index is 664. The van der Waals surface area contributed by atoms with Crippen molar-refractivity contribution in [1.29, 1.82) is 0 Å². The molecule has 5 nitrogen and oxygen atoms in total. The lowest BCUT2D eigenvalue weighted by molar-refractivity contribution is 0.0939. The van der Waals surface area contributed by atoms with Crippen molar-refractivity contribution in [3.63, 3.8) is 0 Å². The van der Waals surface area contributed by atoms with E-state index in [1.54, 1.807) is 30.3 Å². The molecule has 1 aliphatic rings. The Hall–Kier alpha value is -2.18. The van der Waals surface area contributed by atoms with Crippen LogP contribution in [0.3, 0.4) is 0 Å². The standard InChI is InChI=1S/C16H17N3O2S/c20-15(19-13-6-7-17-10-13)11-3-1-4-12(9-11)18-16(21)14-5-2-8-22-14/h1-5,8-9,13,17H,6-7,10H2,(H,18,21)(H,19,20). The second kappa shape index (κ2) is 6.72. The van der Waals surface area contributed by atoms with Gasteiger partial charge in [0.05, 0.1) is 4.88 Å². The molecule has 1 unspecified atom stereocenters.